The average molecular weight is 323 g/mol. The number of nitrogens with zero attached hydrogens (tertiary/aromatic N) is 2. The molecule has 0 saturated heterocycles. The monoisotopic (exact) mass is 323 g/mol. The second-order valence-corrected chi connectivity index (χ2v) is 5.59. The standard InChI is InChI=1S/C18H17N3O3/c1-12-6-8-13(9-7-12)14-4-3-5-15(10-14)19-16-11-17(22)21(24)18(23)20(16)2/h3-11,19,24H,1-2H3. The normalized spacial score (nSPS) is 10.6. The average Bonchev–Trinajstić information content (AvgIpc) is 2.59. The summed E-state index contributed by atoms with van der Waals surface area (Å²) in [7, 11) is 1.47. The molecule has 3 rings (SSSR count). The molecule has 0 saturated carbocycles. The lowest BCUT2D eigenvalue weighted by molar-refractivity contribution is 0.156. The van der Waals surface area contributed by atoms with E-state index in [1.165, 1.54) is 23.2 Å². The van der Waals surface area contributed by atoms with E-state index in [9.17, 15) is 14.8 Å². The smallest absolute Gasteiger partial charge is 0.365 e. The first-order valence-electron chi connectivity index (χ1n) is 7.42. The van der Waals surface area contributed by atoms with Gasteiger partial charge in [-0.15, -0.1) is 0 Å². The first-order valence-corrected chi connectivity index (χ1v) is 7.42. The molecule has 0 aliphatic carbocycles. The van der Waals surface area contributed by atoms with Crippen LogP contribution < -0.4 is 16.6 Å². The number of aromatic nitrogens is 2. The van der Waals surface area contributed by atoms with Crippen molar-refractivity contribution in [1.29, 1.82) is 0 Å². The second-order valence-electron chi connectivity index (χ2n) is 5.59. The van der Waals surface area contributed by atoms with E-state index in [1.54, 1.807) is 0 Å². The molecular formula is C18H17N3O3. The van der Waals surface area contributed by atoms with Gasteiger partial charge in [0.05, 0.1) is 0 Å². The van der Waals surface area contributed by atoms with Crippen LogP contribution >= 0.6 is 0 Å². The third-order valence-corrected chi connectivity index (χ3v) is 3.82. The third kappa shape index (κ3) is 2.94. The summed E-state index contributed by atoms with van der Waals surface area (Å²) in [5, 5.41) is 12.4. The number of rotatable bonds is 3. The fourth-order valence-electron chi connectivity index (χ4n) is 2.40. The van der Waals surface area contributed by atoms with Crippen LogP contribution in [0.25, 0.3) is 11.1 Å². The van der Waals surface area contributed by atoms with E-state index < -0.39 is 11.2 Å². The maximum absolute atomic E-state index is 11.8. The van der Waals surface area contributed by atoms with Gasteiger partial charge in [0.1, 0.15) is 5.82 Å². The largest absolute Gasteiger partial charge is 0.421 e. The van der Waals surface area contributed by atoms with Crippen molar-refractivity contribution in [3.63, 3.8) is 0 Å². The van der Waals surface area contributed by atoms with Crippen LogP contribution in [-0.2, 0) is 7.05 Å². The predicted octanol–water partition coefficient (Wildman–Crippen LogP) is 2.50. The number of benzene rings is 2. The van der Waals surface area contributed by atoms with E-state index in [4.69, 9.17) is 0 Å². The molecule has 6 heteroatoms. The molecule has 0 aliphatic rings. The number of aryl methyl sites for hydroxylation is 1. The molecule has 2 N–H and O–H groups in total. The Hall–Kier alpha value is -3.28. The van der Waals surface area contributed by atoms with Crippen molar-refractivity contribution in [2.75, 3.05) is 5.32 Å². The minimum atomic E-state index is -0.806. The van der Waals surface area contributed by atoms with Gasteiger partial charge in [-0.2, -0.15) is 0 Å². The number of anilines is 2. The summed E-state index contributed by atoms with van der Waals surface area (Å²) in [5.41, 5.74) is 2.42. The van der Waals surface area contributed by atoms with E-state index in [-0.39, 0.29) is 4.73 Å². The van der Waals surface area contributed by atoms with Gasteiger partial charge in [-0.1, -0.05) is 46.7 Å². The van der Waals surface area contributed by atoms with E-state index in [1.807, 2.05) is 55.5 Å². The lowest BCUT2D eigenvalue weighted by atomic mass is 10.0. The van der Waals surface area contributed by atoms with E-state index >= 15 is 0 Å². The molecule has 2 aromatic carbocycles. The van der Waals surface area contributed by atoms with Crippen LogP contribution in [0.1, 0.15) is 5.56 Å². The zero-order valence-corrected chi connectivity index (χ0v) is 13.4. The predicted molar refractivity (Wildman–Crippen MR) is 93.0 cm³/mol. The molecule has 0 unspecified atom stereocenters. The molecule has 0 radical (unpaired) electrons. The van der Waals surface area contributed by atoms with Gasteiger partial charge in [0.2, 0.25) is 0 Å². The molecule has 6 nitrogen and oxygen atoms in total. The van der Waals surface area contributed by atoms with Crippen LogP contribution in [0.2, 0.25) is 0 Å². The van der Waals surface area contributed by atoms with Crippen LogP contribution in [0.4, 0.5) is 11.5 Å². The van der Waals surface area contributed by atoms with Crippen LogP contribution in [0.3, 0.4) is 0 Å². The highest BCUT2D eigenvalue weighted by Crippen LogP contribution is 2.24. The summed E-state index contributed by atoms with van der Waals surface area (Å²) in [4.78, 5) is 23.3. The lowest BCUT2D eigenvalue weighted by Gasteiger charge is -2.12. The topological polar surface area (TPSA) is 76.3 Å². The Bertz CT molecular complexity index is 1000. The van der Waals surface area contributed by atoms with E-state index in [0.29, 0.717) is 5.82 Å². The molecule has 1 aromatic heterocycles. The quantitative estimate of drug-likeness (QED) is 0.726. The van der Waals surface area contributed by atoms with Crippen LogP contribution in [-0.4, -0.2) is 14.5 Å². The maximum Gasteiger partial charge on any atom is 0.365 e. The Balaban J connectivity index is 1.98. The van der Waals surface area contributed by atoms with E-state index in [0.717, 1.165) is 16.8 Å². The molecule has 0 fully saturated rings. The molecule has 0 atom stereocenters. The van der Waals surface area contributed by atoms with Crippen LogP contribution in [0.15, 0.2) is 64.2 Å². The Labute approximate surface area is 138 Å². The Kier molecular flexibility index (Phi) is 3.95. The van der Waals surface area contributed by atoms with Gasteiger partial charge < -0.3 is 10.5 Å². The molecule has 0 amide bonds. The van der Waals surface area contributed by atoms with Crippen molar-refractivity contribution in [3.05, 3.63) is 81.0 Å². The highest BCUT2D eigenvalue weighted by Gasteiger charge is 2.08. The maximum atomic E-state index is 11.8. The van der Waals surface area contributed by atoms with Gasteiger partial charge in [-0.25, -0.2) is 4.79 Å². The Morgan fingerprint density at radius 1 is 0.958 bits per heavy atom. The fraction of sp³-hybridized carbons (Fsp3) is 0.111. The molecule has 0 aliphatic heterocycles. The molecule has 1 heterocycles. The number of hydrogen-bond acceptors (Lipinski definition) is 4. The van der Waals surface area contributed by atoms with Crippen molar-refractivity contribution in [2.45, 2.75) is 6.92 Å². The SMILES string of the molecule is Cc1ccc(-c2cccc(Nc3cc(=O)n(O)c(=O)n3C)c2)cc1. The molecule has 24 heavy (non-hydrogen) atoms. The van der Waals surface area contributed by atoms with Gasteiger partial charge >= 0.3 is 5.69 Å². The minimum absolute atomic E-state index is 0.0773. The van der Waals surface area contributed by atoms with Gasteiger partial charge in [-0.3, -0.25) is 9.36 Å². The van der Waals surface area contributed by atoms with Gasteiger partial charge in [0, 0.05) is 18.8 Å². The Morgan fingerprint density at radius 2 is 1.67 bits per heavy atom. The molecular weight excluding hydrogens is 306 g/mol. The van der Waals surface area contributed by atoms with Gasteiger partial charge in [-0.05, 0) is 30.2 Å². The van der Waals surface area contributed by atoms with E-state index in [2.05, 4.69) is 5.32 Å². The summed E-state index contributed by atoms with van der Waals surface area (Å²) in [6.45, 7) is 2.03. The number of hydrogen-bond donors (Lipinski definition) is 2. The molecule has 122 valence electrons. The summed E-state index contributed by atoms with van der Waals surface area (Å²) >= 11 is 0. The summed E-state index contributed by atoms with van der Waals surface area (Å²) in [6.07, 6.45) is 0. The highest BCUT2D eigenvalue weighted by molar-refractivity contribution is 5.70. The lowest BCUT2D eigenvalue weighted by Crippen LogP contribution is -2.37. The van der Waals surface area contributed by atoms with Crippen molar-refractivity contribution < 1.29 is 5.21 Å². The highest BCUT2D eigenvalue weighted by atomic mass is 16.5. The third-order valence-electron chi connectivity index (χ3n) is 3.82. The summed E-state index contributed by atoms with van der Waals surface area (Å²) < 4.78 is 1.24. The van der Waals surface area contributed by atoms with Crippen molar-refractivity contribution in [3.8, 4) is 11.1 Å². The molecule has 0 spiro atoms. The summed E-state index contributed by atoms with van der Waals surface area (Å²) in [6, 6.07) is 17.0. The van der Waals surface area contributed by atoms with Crippen molar-refractivity contribution in [2.24, 2.45) is 7.05 Å². The molecule has 3 aromatic rings. The van der Waals surface area contributed by atoms with Crippen LogP contribution in [0.5, 0.6) is 0 Å². The first-order chi connectivity index (χ1) is 11.5. The van der Waals surface area contributed by atoms with Gasteiger partial charge in [0.15, 0.2) is 0 Å². The number of nitrogens with one attached hydrogen (secondary N) is 1. The second kappa shape index (κ2) is 6.08. The first kappa shape index (κ1) is 15.6. The van der Waals surface area contributed by atoms with Crippen molar-refractivity contribution in [1.82, 2.24) is 9.30 Å². The zero-order chi connectivity index (χ0) is 17.3. The minimum Gasteiger partial charge on any atom is -0.421 e. The molecule has 0 bridgehead atoms. The van der Waals surface area contributed by atoms with Crippen LogP contribution in [0, 0.1) is 6.92 Å². The van der Waals surface area contributed by atoms with Crippen molar-refractivity contribution >= 4 is 11.5 Å². The zero-order valence-electron chi connectivity index (χ0n) is 13.4. The van der Waals surface area contributed by atoms with Gasteiger partial charge in [0.25, 0.3) is 5.56 Å². The summed E-state index contributed by atoms with van der Waals surface area (Å²) in [5.74, 6) is 0.302. The fourth-order valence-corrected chi connectivity index (χ4v) is 2.40. The Morgan fingerprint density at radius 3 is 2.38 bits per heavy atom.